The number of ether oxygens (including phenoxy) is 1. The first-order valence-corrected chi connectivity index (χ1v) is 8.70. The van der Waals surface area contributed by atoms with Crippen molar-refractivity contribution in [2.75, 3.05) is 25.0 Å². The Kier molecular flexibility index (Phi) is 7.67. The first-order valence-electron chi connectivity index (χ1n) is 8.70. The van der Waals surface area contributed by atoms with Crippen LogP contribution in [0.3, 0.4) is 0 Å². The van der Waals surface area contributed by atoms with E-state index in [4.69, 9.17) is 4.74 Å². The lowest BCUT2D eigenvalue weighted by Crippen LogP contribution is -2.23. The summed E-state index contributed by atoms with van der Waals surface area (Å²) in [5, 5.41) is 6.28. The van der Waals surface area contributed by atoms with Crippen molar-refractivity contribution < 1.29 is 9.53 Å². The van der Waals surface area contributed by atoms with Crippen molar-refractivity contribution in [2.24, 2.45) is 0 Å². The van der Waals surface area contributed by atoms with Gasteiger partial charge in [-0.25, -0.2) is 0 Å². The van der Waals surface area contributed by atoms with E-state index in [0.717, 1.165) is 24.4 Å². The van der Waals surface area contributed by atoms with Crippen LogP contribution >= 0.6 is 0 Å². The smallest absolute Gasteiger partial charge is 0.225 e. The molecule has 126 valence electrons. The molecule has 0 saturated carbocycles. The molecule has 4 heteroatoms. The van der Waals surface area contributed by atoms with E-state index in [1.165, 1.54) is 25.7 Å². The van der Waals surface area contributed by atoms with Crippen molar-refractivity contribution in [3.05, 3.63) is 35.9 Å². The number of carbonyl (C=O) groups is 1. The maximum atomic E-state index is 12.0. The lowest BCUT2D eigenvalue weighted by atomic mass is 9.97. The Morgan fingerprint density at radius 3 is 2.87 bits per heavy atom. The van der Waals surface area contributed by atoms with E-state index in [1.807, 2.05) is 31.2 Å². The fraction of sp³-hybridized carbons (Fsp3) is 0.526. The predicted octanol–water partition coefficient (Wildman–Crippen LogP) is 3.89. The maximum Gasteiger partial charge on any atom is 0.225 e. The summed E-state index contributed by atoms with van der Waals surface area (Å²) in [6.45, 7) is 4.18. The van der Waals surface area contributed by atoms with Gasteiger partial charge in [0, 0.05) is 13.0 Å². The summed E-state index contributed by atoms with van der Waals surface area (Å²) in [5.41, 5.74) is 2.31. The number of hydrogen-bond donors (Lipinski definition) is 2. The van der Waals surface area contributed by atoms with Crippen LogP contribution in [0.1, 0.15) is 45.4 Å². The van der Waals surface area contributed by atoms with Gasteiger partial charge in [0.05, 0.1) is 12.3 Å². The number of amides is 1. The number of anilines is 1. The Balaban J connectivity index is 1.64. The van der Waals surface area contributed by atoms with E-state index < -0.39 is 0 Å². The number of carbonyl (C=O) groups excluding carboxylic acids is 1. The summed E-state index contributed by atoms with van der Waals surface area (Å²) in [7, 11) is 0. The molecule has 1 amide bonds. The largest absolute Gasteiger partial charge is 0.492 e. The van der Waals surface area contributed by atoms with E-state index in [-0.39, 0.29) is 5.91 Å². The standard InChI is InChI=1S/C19H28N2O2/c1-2-23-18-11-7-6-10-17(18)21-19(22)13-15-20-14-12-16-8-4-3-5-9-16/h6-8,10-11,20H,2-5,9,12-15H2,1H3,(H,21,22). The van der Waals surface area contributed by atoms with Gasteiger partial charge in [0.15, 0.2) is 0 Å². The molecular weight excluding hydrogens is 288 g/mol. The van der Waals surface area contributed by atoms with E-state index in [2.05, 4.69) is 16.7 Å². The molecule has 0 atom stereocenters. The summed E-state index contributed by atoms with van der Waals surface area (Å²) in [5.74, 6) is 0.738. The Bertz CT molecular complexity index is 526. The van der Waals surface area contributed by atoms with Crippen LogP contribution in [0.5, 0.6) is 5.75 Å². The van der Waals surface area contributed by atoms with Crippen molar-refractivity contribution in [3.8, 4) is 5.75 Å². The second-order valence-corrected chi connectivity index (χ2v) is 5.84. The number of allylic oxidation sites excluding steroid dienone is 1. The van der Waals surface area contributed by atoms with Gasteiger partial charge < -0.3 is 15.4 Å². The molecule has 0 bridgehead atoms. The molecule has 1 aliphatic carbocycles. The average Bonchev–Trinajstić information content (AvgIpc) is 2.57. The number of hydrogen-bond acceptors (Lipinski definition) is 3. The molecule has 2 rings (SSSR count). The highest BCUT2D eigenvalue weighted by atomic mass is 16.5. The van der Waals surface area contributed by atoms with Gasteiger partial charge in [0.1, 0.15) is 5.75 Å². The normalized spacial score (nSPS) is 14.2. The number of benzene rings is 1. The Morgan fingerprint density at radius 2 is 2.09 bits per heavy atom. The number of nitrogens with one attached hydrogen (secondary N) is 2. The molecule has 23 heavy (non-hydrogen) atoms. The summed E-state index contributed by atoms with van der Waals surface area (Å²) in [4.78, 5) is 12.0. The van der Waals surface area contributed by atoms with Gasteiger partial charge in [0.2, 0.25) is 5.91 Å². The van der Waals surface area contributed by atoms with Crippen molar-refractivity contribution in [1.82, 2.24) is 5.32 Å². The highest BCUT2D eigenvalue weighted by Crippen LogP contribution is 2.23. The van der Waals surface area contributed by atoms with Crippen LogP contribution in [0.15, 0.2) is 35.9 Å². The number of rotatable bonds is 9. The molecule has 1 aliphatic rings. The molecule has 0 spiro atoms. The summed E-state index contributed by atoms with van der Waals surface area (Å²) < 4.78 is 5.51. The molecular formula is C19H28N2O2. The molecule has 1 aromatic carbocycles. The third kappa shape index (κ3) is 6.45. The van der Waals surface area contributed by atoms with Crippen LogP contribution < -0.4 is 15.4 Å². The predicted molar refractivity (Wildman–Crippen MR) is 94.9 cm³/mol. The van der Waals surface area contributed by atoms with Crippen LogP contribution in [-0.2, 0) is 4.79 Å². The van der Waals surface area contributed by atoms with Crippen LogP contribution in [0.4, 0.5) is 5.69 Å². The molecule has 0 aliphatic heterocycles. The molecule has 0 saturated heterocycles. The fourth-order valence-corrected chi connectivity index (χ4v) is 2.77. The maximum absolute atomic E-state index is 12.0. The van der Waals surface area contributed by atoms with E-state index >= 15 is 0 Å². The summed E-state index contributed by atoms with van der Waals surface area (Å²) >= 11 is 0. The zero-order chi connectivity index (χ0) is 16.3. The van der Waals surface area contributed by atoms with Crippen LogP contribution in [0.2, 0.25) is 0 Å². The van der Waals surface area contributed by atoms with Gasteiger partial charge in [-0.2, -0.15) is 0 Å². The summed E-state index contributed by atoms with van der Waals surface area (Å²) in [6.07, 6.45) is 9.10. The van der Waals surface area contributed by atoms with E-state index in [1.54, 1.807) is 5.57 Å². The highest BCUT2D eigenvalue weighted by Gasteiger charge is 2.07. The molecule has 4 nitrogen and oxygen atoms in total. The van der Waals surface area contributed by atoms with Gasteiger partial charge in [-0.3, -0.25) is 4.79 Å². The topological polar surface area (TPSA) is 50.4 Å². The van der Waals surface area contributed by atoms with Crippen molar-refractivity contribution in [2.45, 2.75) is 45.4 Å². The first-order chi connectivity index (χ1) is 11.3. The van der Waals surface area contributed by atoms with Crippen molar-refractivity contribution in [3.63, 3.8) is 0 Å². The lowest BCUT2D eigenvalue weighted by Gasteiger charge is -2.13. The Hall–Kier alpha value is -1.81. The van der Waals surface area contributed by atoms with Gasteiger partial charge >= 0.3 is 0 Å². The first kappa shape index (κ1) is 17.5. The van der Waals surface area contributed by atoms with Gasteiger partial charge in [0.25, 0.3) is 0 Å². The van der Waals surface area contributed by atoms with Crippen molar-refractivity contribution in [1.29, 1.82) is 0 Å². The molecule has 0 aromatic heterocycles. The zero-order valence-electron chi connectivity index (χ0n) is 14.1. The average molecular weight is 316 g/mol. The second kappa shape index (κ2) is 10.1. The van der Waals surface area contributed by atoms with Gasteiger partial charge in [-0.1, -0.05) is 23.8 Å². The minimum atomic E-state index is 0.0153. The SMILES string of the molecule is CCOc1ccccc1NC(=O)CCNCCC1=CCCCC1. The Morgan fingerprint density at radius 1 is 1.22 bits per heavy atom. The highest BCUT2D eigenvalue weighted by molar-refractivity contribution is 5.92. The molecule has 0 unspecified atom stereocenters. The molecule has 2 N–H and O–H groups in total. The summed E-state index contributed by atoms with van der Waals surface area (Å²) in [6, 6.07) is 7.54. The minimum absolute atomic E-state index is 0.0153. The van der Waals surface area contributed by atoms with E-state index in [9.17, 15) is 4.79 Å². The Labute approximate surface area is 139 Å². The second-order valence-electron chi connectivity index (χ2n) is 5.84. The molecule has 0 heterocycles. The molecule has 1 aromatic rings. The lowest BCUT2D eigenvalue weighted by molar-refractivity contribution is -0.116. The zero-order valence-corrected chi connectivity index (χ0v) is 14.1. The van der Waals surface area contributed by atoms with Crippen LogP contribution in [0, 0.1) is 0 Å². The molecule has 0 radical (unpaired) electrons. The van der Waals surface area contributed by atoms with Crippen LogP contribution in [0.25, 0.3) is 0 Å². The third-order valence-electron chi connectivity index (χ3n) is 4.00. The van der Waals surface area contributed by atoms with Gasteiger partial charge in [-0.15, -0.1) is 0 Å². The van der Waals surface area contributed by atoms with E-state index in [0.29, 0.717) is 19.6 Å². The van der Waals surface area contributed by atoms with Crippen LogP contribution in [-0.4, -0.2) is 25.6 Å². The quantitative estimate of drug-likeness (QED) is 0.537. The monoisotopic (exact) mass is 316 g/mol. The van der Waals surface area contributed by atoms with Crippen molar-refractivity contribution >= 4 is 11.6 Å². The molecule has 0 fully saturated rings. The minimum Gasteiger partial charge on any atom is -0.492 e. The fourth-order valence-electron chi connectivity index (χ4n) is 2.77. The third-order valence-corrected chi connectivity index (χ3v) is 4.00. The number of para-hydroxylation sites is 2. The van der Waals surface area contributed by atoms with Gasteiger partial charge in [-0.05, 0) is 57.7 Å².